The minimum absolute atomic E-state index is 0.0636. The van der Waals surface area contributed by atoms with E-state index in [4.69, 9.17) is 5.11 Å². The lowest BCUT2D eigenvalue weighted by molar-refractivity contribution is 0.0620. The maximum absolute atomic E-state index is 12.0. The number of phenolic OH excluding ortho intramolecular Hbond substituents is 1. The minimum atomic E-state index is -2.56. The normalized spacial score (nSPS) is 10.4. The van der Waals surface area contributed by atoms with Gasteiger partial charge in [0.1, 0.15) is 5.75 Å². The van der Waals surface area contributed by atoms with Crippen molar-refractivity contribution in [2.45, 2.75) is 6.43 Å². The van der Waals surface area contributed by atoms with Crippen LogP contribution in [0.2, 0.25) is 0 Å². The summed E-state index contributed by atoms with van der Waals surface area (Å²) >= 11 is 0. The highest BCUT2D eigenvalue weighted by atomic mass is 19.3. The second-order valence-corrected chi connectivity index (χ2v) is 3.13. The van der Waals surface area contributed by atoms with Crippen molar-refractivity contribution in [1.82, 2.24) is 4.90 Å². The molecule has 0 aliphatic rings. The predicted octanol–water partition coefficient (Wildman–Crippen LogP) is 1.73. The Morgan fingerprint density at radius 1 is 1.53 bits per heavy atom. The Balaban J connectivity index is 2.76. The first-order valence-electron chi connectivity index (χ1n) is 4.33. The van der Waals surface area contributed by atoms with E-state index in [9.17, 15) is 13.6 Å². The summed E-state index contributed by atoms with van der Waals surface area (Å²) < 4.78 is 24.0. The number of alkyl halides is 2. The molecule has 0 aliphatic carbocycles. The molecule has 0 aromatic heterocycles. The van der Waals surface area contributed by atoms with Gasteiger partial charge in [-0.2, -0.15) is 0 Å². The molecule has 5 heteroatoms. The number of aromatic hydroxyl groups is 1. The van der Waals surface area contributed by atoms with Crippen LogP contribution < -0.4 is 0 Å². The fourth-order valence-corrected chi connectivity index (χ4v) is 1.15. The van der Waals surface area contributed by atoms with Gasteiger partial charge in [0.25, 0.3) is 12.3 Å². The lowest BCUT2D eigenvalue weighted by Crippen LogP contribution is -2.31. The fraction of sp³-hybridized carbons (Fsp3) is 0.300. The lowest BCUT2D eigenvalue weighted by atomic mass is 10.2. The van der Waals surface area contributed by atoms with Crippen LogP contribution in [0, 0.1) is 0 Å². The summed E-state index contributed by atoms with van der Waals surface area (Å²) in [6.45, 7) is -0.617. The molecule has 0 spiro atoms. The van der Waals surface area contributed by atoms with Crippen molar-refractivity contribution < 1.29 is 18.7 Å². The molecule has 0 fully saturated rings. The van der Waals surface area contributed by atoms with Gasteiger partial charge in [0.2, 0.25) is 0 Å². The van der Waals surface area contributed by atoms with E-state index >= 15 is 0 Å². The topological polar surface area (TPSA) is 40.5 Å². The van der Waals surface area contributed by atoms with Crippen LogP contribution in [0.1, 0.15) is 10.4 Å². The molecule has 0 aliphatic heterocycles. The van der Waals surface area contributed by atoms with E-state index in [1.807, 2.05) is 0 Å². The number of hydrogen-bond donors (Lipinski definition) is 1. The molecule has 0 atom stereocenters. The number of phenols is 1. The van der Waals surface area contributed by atoms with Crippen LogP contribution in [0.5, 0.6) is 5.75 Å². The Hall–Kier alpha value is -1.65. The van der Waals surface area contributed by atoms with E-state index in [1.54, 1.807) is 0 Å². The van der Waals surface area contributed by atoms with Gasteiger partial charge in [-0.15, -0.1) is 0 Å². The molecule has 1 amide bonds. The van der Waals surface area contributed by atoms with E-state index in [1.165, 1.54) is 31.3 Å². The van der Waals surface area contributed by atoms with E-state index in [2.05, 4.69) is 0 Å². The Kier molecular flexibility index (Phi) is 3.60. The molecule has 3 nitrogen and oxygen atoms in total. The zero-order valence-electron chi connectivity index (χ0n) is 8.15. The zero-order chi connectivity index (χ0) is 11.4. The molecule has 1 N–H and O–H groups in total. The third-order valence-electron chi connectivity index (χ3n) is 1.85. The predicted molar refractivity (Wildman–Crippen MR) is 51.1 cm³/mol. The smallest absolute Gasteiger partial charge is 0.255 e. The van der Waals surface area contributed by atoms with E-state index < -0.39 is 18.9 Å². The van der Waals surface area contributed by atoms with Crippen molar-refractivity contribution in [3.63, 3.8) is 0 Å². The maximum atomic E-state index is 12.0. The monoisotopic (exact) mass is 215 g/mol. The van der Waals surface area contributed by atoms with Gasteiger partial charge < -0.3 is 10.0 Å². The SMILES string of the molecule is CN(CC(F)F)C(=O)c1cccc(O)c1. The van der Waals surface area contributed by atoms with Crippen molar-refractivity contribution in [1.29, 1.82) is 0 Å². The van der Waals surface area contributed by atoms with Crippen molar-refractivity contribution in [2.24, 2.45) is 0 Å². The summed E-state index contributed by atoms with van der Waals surface area (Å²) in [5.74, 6) is -0.600. The third-order valence-corrected chi connectivity index (χ3v) is 1.85. The summed E-state index contributed by atoms with van der Waals surface area (Å²) in [6, 6.07) is 5.59. The number of benzene rings is 1. The molecule has 0 bridgehead atoms. The Morgan fingerprint density at radius 3 is 2.73 bits per heavy atom. The fourth-order valence-electron chi connectivity index (χ4n) is 1.15. The van der Waals surface area contributed by atoms with Crippen molar-refractivity contribution >= 4 is 5.91 Å². The molecule has 0 saturated heterocycles. The molecule has 1 rings (SSSR count). The van der Waals surface area contributed by atoms with Gasteiger partial charge >= 0.3 is 0 Å². The van der Waals surface area contributed by atoms with Crippen LogP contribution in [0.4, 0.5) is 8.78 Å². The number of carbonyl (C=O) groups is 1. The van der Waals surface area contributed by atoms with E-state index in [0.717, 1.165) is 4.90 Å². The molecule has 0 heterocycles. The van der Waals surface area contributed by atoms with E-state index in [0.29, 0.717) is 0 Å². The second kappa shape index (κ2) is 4.72. The van der Waals surface area contributed by atoms with Gasteiger partial charge in [-0.25, -0.2) is 8.78 Å². The van der Waals surface area contributed by atoms with Gasteiger partial charge in [-0.05, 0) is 18.2 Å². The van der Waals surface area contributed by atoms with Crippen molar-refractivity contribution in [3.05, 3.63) is 29.8 Å². The highest BCUT2D eigenvalue weighted by Gasteiger charge is 2.15. The van der Waals surface area contributed by atoms with Crippen LogP contribution in [-0.4, -0.2) is 35.9 Å². The number of halogens is 2. The van der Waals surface area contributed by atoms with Gasteiger partial charge in [0.05, 0.1) is 6.54 Å². The number of rotatable bonds is 3. The molecule has 1 aromatic rings. The molecular formula is C10H11F2NO2. The summed E-state index contributed by atoms with van der Waals surface area (Å²) in [4.78, 5) is 12.4. The van der Waals surface area contributed by atoms with Crippen molar-refractivity contribution in [2.75, 3.05) is 13.6 Å². The second-order valence-electron chi connectivity index (χ2n) is 3.13. The molecule has 1 aromatic carbocycles. The summed E-state index contributed by atoms with van der Waals surface area (Å²) in [7, 11) is 1.29. The summed E-state index contributed by atoms with van der Waals surface area (Å²) in [5, 5.41) is 9.11. The first kappa shape index (κ1) is 11.4. The van der Waals surface area contributed by atoms with Crippen LogP contribution in [0.25, 0.3) is 0 Å². The van der Waals surface area contributed by atoms with Crippen LogP contribution in [-0.2, 0) is 0 Å². The van der Waals surface area contributed by atoms with Crippen LogP contribution in [0.15, 0.2) is 24.3 Å². The van der Waals surface area contributed by atoms with Gasteiger partial charge in [0.15, 0.2) is 0 Å². The molecule has 15 heavy (non-hydrogen) atoms. The number of amides is 1. The summed E-state index contributed by atoms with van der Waals surface area (Å²) in [5.41, 5.74) is 0.193. The first-order valence-corrected chi connectivity index (χ1v) is 4.33. The largest absolute Gasteiger partial charge is 0.508 e. The minimum Gasteiger partial charge on any atom is -0.508 e. The molecular weight excluding hydrogens is 204 g/mol. The van der Waals surface area contributed by atoms with Crippen molar-refractivity contribution in [3.8, 4) is 5.75 Å². The molecule has 0 unspecified atom stereocenters. The maximum Gasteiger partial charge on any atom is 0.255 e. The summed E-state index contributed by atoms with van der Waals surface area (Å²) in [6.07, 6.45) is -2.56. The van der Waals surface area contributed by atoms with E-state index in [-0.39, 0.29) is 11.3 Å². The zero-order valence-corrected chi connectivity index (χ0v) is 8.15. The average Bonchev–Trinajstić information content (AvgIpc) is 2.15. The number of hydrogen-bond acceptors (Lipinski definition) is 2. The number of carbonyl (C=O) groups excluding carboxylic acids is 1. The highest BCUT2D eigenvalue weighted by molar-refractivity contribution is 5.94. The highest BCUT2D eigenvalue weighted by Crippen LogP contribution is 2.12. The molecule has 0 saturated carbocycles. The number of nitrogens with zero attached hydrogens (tertiary/aromatic N) is 1. The quantitative estimate of drug-likeness (QED) is 0.834. The Labute approximate surface area is 85.9 Å². The van der Waals surface area contributed by atoms with Gasteiger partial charge in [0, 0.05) is 12.6 Å². The molecule has 0 radical (unpaired) electrons. The third kappa shape index (κ3) is 3.19. The van der Waals surface area contributed by atoms with Crippen LogP contribution >= 0.6 is 0 Å². The Morgan fingerprint density at radius 2 is 2.20 bits per heavy atom. The standard InChI is InChI=1S/C10H11F2NO2/c1-13(6-9(11)12)10(15)7-3-2-4-8(14)5-7/h2-5,9,14H,6H2,1H3. The molecule has 82 valence electrons. The van der Waals surface area contributed by atoms with Gasteiger partial charge in [-0.3, -0.25) is 4.79 Å². The Bertz CT molecular complexity index is 355. The lowest BCUT2D eigenvalue weighted by Gasteiger charge is -2.16. The average molecular weight is 215 g/mol. The van der Waals surface area contributed by atoms with Crippen LogP contribution in [0.3, 0.4) is 0 Å². The van der Waals surface area contributed by atoms with Gasteiger partial charge in [-0.1, -0.05) is 6.07 Å². The first-order chi connectivity index (χ1) is 7.00.